The second-order valence-corrected chi connectivity index (χ2v) is 5.80. The molecule has 0 radical (unpaired) electrons. The third-order valence-corrected chi connectivity index (χ3v) is 3.83. The summed E-state index contributed by atoms with van der Waals surface area (Å²) in [7, 11) is 0. The summed E-state index contributed by atoms with van der Waals surface area (Å²) in [6.07, 6.45) is 1.82. The largest absolute Gasteiger partial charge is 0.394 e. The number of nitrogens with zero attached hydrogens (tertiary/aromatic N) is 1. The quantitative estimate of drug-likeness (QED) is 0.866. The molecular weight excluding hydrogens is 271 g/mol. The molecule has 1 amide bonds. The number of aliphatic hydroxyl groups excluding tert-OH is 1. The highest BCUT2D eigenvalue weighted by Gasteiger charge is 2.26. The molecule has 116 valence electrons. The number of hydrogen-bond acceptors (Lipinski definition) is 3. The van der Waals surface area contributed by atoms with Gasteiger partial charge in [0.2, 0.25) is 5.91 Å². The summed E-state index contributed by atoms with van der Waals surface area (Å²) in [5.74, 6) is -0.280. The Labute approximate surface area is 125 Å². The number of nitrogens with one attached hydrogen (secondary N) is 1. The van der Waals surface area contributed by atoms with E-state index in [1.807, 2.05) is 6.07 Å². The van der Waals surface area contributed by atoms with Gasteiger partial charge in [0.15, 0.2) is 0 Å². The molecule has 2 atom stereocenters. The van der Waals surface area contributed by atoms with Gasteiger partial charge in [0.25, 0.3) is 0 Å². The molecule has 0 spiro atoms. The summed E-state index contributed by atoms with van der Waals surface area (Å²) >= 11 is 0. The fourth-order valence-corrected chi connectivity index (χ4v) is 2.71. The fraction of sp³-hybridized carbons (Fsp3) is 0.562. The summed E-state index contributed by atoms with van der Waals surface area (Å²) in [6, 6.07) is 6.38. The second kappa shape index (κ2) is 7.52. The van der Waals surface area contributed by atoms with Gasteiger partial charge in [0.1, 0.15) is 5.82 Å². The van der Waals surface area contributed by atoms with Crippen molar-refractivity contribution in [1.82, 2.24) is 10.2 Å². The molecule has 1 saturated heterocycles. The van der Waals surface area contributed by atoms with Crippen LogP contribution in [0.15, 0.2) is 24.3 Å². The zero-order valence-corrected chi connectivity index (χ0v) is 12.4. The Morgan fingerprint density at radius 2 is 2.38 bits per heavy atom. The molecule has 2 N–H and O–H groups in total. The SMILES string of the molecule is CC(CO)NC(=O)C1CCCN(Cc2cccc(F)c2)C1. The van der Waals surface area contributed by atoms with Crippen LogP contribution in [0.4, 0.5) is 4.39 Å². The number of rotatable bonds is 5. The molecule has 1 aliphatic rings. The Hall–Kier alpha value is -1.46. The highest BCUT2D eigenvalue weighted by Crippen LogP contribution is 2.19. The van der Waals surface area contributed by atoms with Crippen molar-refractivity contribution in [1.29, 1.82) is 0 Å². The highest BCUT2D eigenvalue weighted by atomic mass is 19.1. The van der Waals surface area contributed by atoms with Crippen LogP contribution >= 0.6 is 0 Å². The topological polar surface area (TPSA) is 52.6 Å². The fourth-order valence-electron chi connectivity index (χ4n) is 2.71. The molecular formula is C16H23FN2O2. The van der Waals surface area contributed by atoms with Crippen LogP contribution in [0.3, 0.4) is 0 Å². The van der Waals surface area contributed by atoms with Gasteiger partial charge in [-0.05, 0) is 44.0 Å². The van der Waals surface area contributed by atoms with Crippen LogP contribution in [-0.4, -0.2) is 41.7 Å². The van der Waals surface area contributed by atoms with Gasteiger partial charge in [-0.2, -0.15) is 0 Å². The summed E-state index contributed by atoms with van der Waals surface area (Å²) in [5, 5.41) is 11.8. The van der Waals surface area contributed by atoms with Crippen molar-refractivity contribution in [2.24, 2.45) is 5.92 Å². The van der Waals surface area contributed by atoms with Gasteiger partial charge in [-0.3, -0.25) is 9.69 Å². The van der Waals surface area contributed by atoms with E-state index in [1.165, 1.54) is 12.1 Å². The molecule has 21 heavy (non-hydrogen) atoms. The van der Waals surface area contributed by atoms with Crippen molar-refractivity contribution < 1.29 is 14.3 Å². The van der Waals surface area contributed by atoms with E-state index in [0.29, 0.717) is 13.1 Å². The number of carbonyl (C=O) groups excluding carboxylic acids is 1. The van der Waals surface area contributed by atoms with Crippen molar-refractivity contribution in [2.75, 3.05) is 19.7 Å². The maximum absolute atomic E-state index is 13.2. The van der Waals surface area contributed by atoms with Crippen LogP contribution in [0, 0.1) is 11.7 Å². The van der Waals surface area contributed by atoms with Gasteiger partial charge in [-0.15, -0.1) is 0 Å². The molecule has 4 nitrogen and oxygen atoms in total. The molecule has 0 aromatic heterocycles. The van der Waals surface area contributed by atoms with Crippen LogP contribution in [0.2, 0.25) is 0 Å². The van der Waals surface area contributed by atoms with Crippen molar-refractivity contribution >= 4 is 5.91 Å². The predicted octanol–water partition coefficient (Wildman–Crippen LogP) is 1.53. The van der Waals surface area contributed by atoms with E-state index in [1.54, 1.807) is 13.0 Å². The van der Waals surface area contributed by atoms with Crippen molar-refractivity contribution in [2.45, 2.75) is 32.4 Å². The third-order valence-electron chi connectivity index (χ3n) is 3.83. The smallest absolute Gasteiger partial charge is 0.224 e. The highest BCUT2D eigenvalue weighted by molar-refractivity contribution is 5.79. The van der Waals surface area contributed by atoms with Gasteiger partial charge in [0.05, 0.1) is 12.5 Å². The number of hydrogen-bond donors (Lipinski definition) is 2. The van der Waals surface area contributed by atoms with Crippen LogP contribution in [0.25, 0.3) is 0 Å². The van der Waals surface area contributed by atoms with E-state index in [0.717, 1.165) is 24.9 Å². The number of likely N-dealkylation sites (tertiary alicyclic amines) is 1. The summed E-state index contributed by atoms with van der Waals surface area (Å²) < 4.78 is 13.2. The lowest BCUT2D eigenvalue weighted by atomic mass is 9.96. The standard InChI is InChI=1S/C16H23FN2O2/c1-12(11-20)18-16(21)14-5-3-7-19(10-14)9-13-4-2-6-15(17)8-13/h2,4,6,8,12,14,20H,3,5,7,9-11H2,1H3,(H,18,21). The van der Waals surface area contributed by atoms with Crippen LogP contribution in [0.1, 0.15) is 25.3 Å². The lowest BCUT2D eigenvalue weighted by molar-refractivity contribution is -0.127. The van der Waals surface area contributed by atoms with Crippen molar-refractivity contribution in [3.05, 3.63) is 35.6 Å². The average Bonchev–Trinajstić information content (AvgIpc) is 2.47. The molecule has 2 unspecified atom stereocenters. The zero-order valence-electron chi connectivity index (χ0n) is 12.4. The number of piperidine rings is 1. The van der Waals surface area contributed by atoms with E-state index in [4.69, 9.17) is 5.11 Å². The Morgan fingerprint density at radius 3 is 3.10 bits per heavy atom. The summed E-state index contributed by atoms with van der Waals surface area (Å²) in [6.45, 7) is 4.00. The molecule has 1 heterocycles. The van der Waals surface area contributed by atoms with E-state index < -0.39 is 0 Å². The number of benzene rings is 1. The molecule has 1 aromatic carbocycles. The minimum Gasteiger partial charge on any atom is -0.394 e. The zero-order chi connectivity index (χ0) is 15.2. The Kier molecular flexibility index (Phi) is 5.70. The minimum atomic E-state index is -0.226. The normalized spacial score (nSPS) is 21.0. The summed E-state index contributed by atoms with van der Waals surface area (Å²) in [5.41, 5.74) is 0.930. The van der Waals surface area contributed by atoms with Crippen molar-refractivity contribution in [3.8, 4) is 0 Å². The van der Waals surface area contributed by atoms with E-state index in [2.05, 4.69) is 10.2 Å². The second-order valence-electron chi connectivity index (χ2n) is 5.80. The van der Waals surface area contributed by atoms with Crippen molar-refractivity contribution in [3.63, 3.8) is 0 Å². The van der Waals surface area contributed by atoms with Gasteiger partial charge >= 0.3 is 0 Å². The molecule has 0 bridgehead atoms. The molecule has 1 aromatic rings. The first-order valence-electron chi connectivity index (χ1n) is 7.46. The first kappa shape index (κ1) is 15.9. The monoisotopic (exact) mass is 294 g/mol. The lowest BCUT2D eigenvalue weighted by Crippen LogP contribution is -2.45. The van der Waals surface area contributed by atoms with Crippen LogP contribution in [0.5, 0.6) is 0 Å². The molecule has 1 aliphatic heterocycles. The van der Waals surface area contributed by atoms with Gasteiger partial charge < -0.3 is 10.4 Å². The van der Waals surface area contributed by atoms with E-state index in [-0.39, 0.29) is 30.3 Å². The molecule has 1 fully saturated rings. The third kappa shape index (κ3) is 4.79. The molecule has 0 saturated carbocycles. The van der Waals surface area contributed by atoms with Crippen LogP contribution < -0.4 is 5.32 Å². The molecule has 0 aliphatic carbocycles. The van der Waals surface area contributed by atoms with E-state index >= 15 is 0 Å². The van der Waals surface area contributed by atoms with Gasteiger partial charge in [-0.1, -0.05) is 12.1 Å². The predicted molar refractivity (Wildman–Crippen MR) is 79.1 cm³/mol. The van der Waals surface area contributed by atoms with Gasteiger partial charge in [0, 0.05) is 19.1 Å². The van der Waals surface area contributed by atoms with Gasteiger partial charge in [-0.25, -0.2) is 4.39 Å². The lowest BCUT2D eigenvalue weighted by Gasteiger charge is -2.32. The first-order valence-corrected chi connectivity index (χ1v) is 7.46. The minimum absolute atomic E-state index is 0.000456. The average molecular weight is 294 g/mol. The van der Waals surface area contributed by atoms with Crippen LogP contribution in [-0.2, 0) is 11.3 Å². The molecule has 5 heteroatoms. The maximum atomic E-state index is 13.2. The first-order chi connectivity index (χ1) is 10.1. The Bertz CT molecular complexity index is 481. The maximum Gasteiger partial charge on any atom is 0.224 e. The molecule has 2 rings (SSSR count). The number of amides is 1. The van der Waals surface area contributed by atoms with E-state index in [9.17, 15) is 9.18 Å². The number of carbonyl (C=O) groups is 1. The Morgan fingerprint density at radius 1 is 1.57 bits per heavy atom. The number of aliphatic hydroxyl groups is 1. The Balaban J connectivity index is 1.90. The number of halogens is 1. The summed E-state index contributed by atoms with van der Waals surface area (Å²) in [4.78, 5) is 14.3.